The van der Waals surface area contributed by atoms with Gasteiger partial charge in [-0.2, -0.15) is 0 Å². The van der Waals surface area contributed by atoms with Crippen molar-refractivity contribution in [2.24, 2.45) is 0 Å². The van der Waals surface area contributed by atoms with Crippen molar-refractivity contribution in [1.82, 2.24) is 0 Å². The van der Waals surface area contributed by atoms with E-state index in [1.54, 1.807) is 36.4 Å². The number of carbonyl (C=O) groups excluding carboxylic acids is 2. The third-order valence-electron chi connectivity index (χ3n) is 2.15. The Morgan fingerprint density at radius 1 is 0.762 bits per heavy atom. The van der Waals surface area contributed by atoms with Crippen LogP contribution < -0.4 is 0 Å². The quantitative estimate of drug-likeness (QED) is 0.472. The number of phenols is 2. The van der Waals surface area contributed by atoms with E-state index in [1.165, 1.54) is 12.1 Å². The van der Waals surface area contributed by atoms with Gasteiger partial charge in [0.2, 0.25) is 0 Å². The summed E-state index contributed by atoms with van der Waals surface area (Å²) in [5, 5.41) is 17.8. The molecule has 6 nitrogen and oxygen atoms in total. The summed E-state index contributed by atoms with van der Waals surface area (Å²) < 4.78 is 17.0. The van der Waals surface area contributed by atoms with E-state index in [0.29, 0.717) is 11.1 Å². The summed E-state index contributed by atoms with van der Waals surface area (Å²) in [6.45, 7) is 0. The first-order chi connectivity index (χ1) is 10.1. The van der Waals surface area contributed by atoms with Crippen molar-refractivity contribution < 1.29 is 45.1 Å². The van der Waals surface area contributed by atoms with Crippen LogP contribution in [-0.4, -0.2) is 32.4 Å². The van der Waals surface area contributed by atoms with Crippen molar-refractivity contribution in [3.63, 3.8) is 0 Å². The first kappa shape index (κ1) is 18.7. The van der Waals surface area contributed by atoms with Crippen molar-refractivity contribution in [1.29, 1.82) is 0 Å². The minimum atomic E-state index is -2.03. The summed E-state index contributed by atoms with van der Waals surface area (Å²) in [5.74, 6) is 0.194. The summed E-state index contributed by atoms with van der Waals surface area (Å²) in [4.78, 5) is 16.9. The molecule has 0 saturated carbocycles. The molecule has 0 amide bonds. The number of hydrogen-bond acceptors (Lipinski definition) is 4. The topological polar surface area (TPSA) is 117 Å². The van der Waals surface area contributed by atoms with E-state index in [2.05, 4.69) is 0 Å². The Labute approximate surface area is 129 Å². The van der Waals surface area contributed by atoms with Crippen molar-refractivity contribution in [3.8, 4) is 11.5 Å². The fourth-order valence-electron chi connectivity index (χ4n) is 1.19. The molecule has 0 fully saturated rings. The van der Waals surface area contributed by atoms with Crippen molar-refractivity contribution >= 4 is 12.6 Å². The Hall–Kier alpha value is -2.33. The molecule has 110 valence electrons. The molecule has 2 aromatic rings. The van der Waals surface area contributed by atoms with Crippen LogP contribution in [0.1, 0.15) is 11.1 Å². The average molecular weight is 374 g/mol. The molecule has 0 spiro atoms. The van der Waals surface area contributed by atoms with Gasteiger partial charge in [0, 0.05) is 0 Å². The van der Waals surface area contributed by atoms with E-state index in [4.69, 9.17) is 26.6 Å². The van der Waals surface area contributed by atoms with Crippen LogP contribution in [0.15, 0.2) is 48.5 Å². The number of benzene rings is 2. The molecule has 2 aromatic carbocycles. The predicted molar refractivity (Wildman–Crippen MR) is 71.8 cm³/mol. The van der Waals surface area contributed by atoms with Gasteiger partial charge in [-0.15, -0.1) is 0 Å². The van der Waals surface area contributed by atoms with Gasteiger partial charge in [0.05, 0.1) is 0 Å². The van der Waals surface area contributed by atoms with Crippen LogP contribution in [0.3, 0.4) is 0 Å². The fourth-order valence-corrected chi connectivity index (χ4v) is 1.19. The van der Waals surface area contributed by atoms with Crippen LogP contribution in [0, 0.1) is 0 Å². The molecular formula is C14H14MoO6+2. The second kappa shape index (κ2) is 11.5. The molecule has 0 atom stereocenters. The van der Waals surface area contributed by atoms with E-state index < -0.39 is 18.5 Å². The van der Waals surface area contributed by atoms with Crippen molar-refractivity contribution in [3.05, 3.63) is 59.7 Å². The third-order valence-corrected chi connectivity index (χ3v) is 2.15. The molecule has 0 aromatic heterocycles. The van der Waals surface area contributed by atoms with Crippen molar-refractivity contribution in [2.75, 3.05) is 0 Å². The number of hydrogen-bond donors (Lipinski definition) is 2. The van der Waals surface area contributed by atoms with Crippen LogP contribution in [0.4, 0.5) is 0 Å². The van der Waals surface area contributed by atoms with Crippen LogP contribution in [0.25, 0.3) is 0 Å². The molecule has 0 unspecified atom stereocenters. The maximum atomic E-state index is 8.92. The second-order valence-electron chi connectivity index (χ2n) is 3.44. The standard InChI is InChI=1S/2C7H6O2.Mo.2O/c2*8-5-6-3-1-2-4-7(6)9;;;/h2*1-5,9H;;;/p+2. The summed E-state index contributed by atoms with van der Waals surface area (Å²) in [5.41, 5.74) is 0.884. The van der Waals surface area contributed by atoms with E-state index >= 15 is 0 Å². The Morgan fingerprint density at radius 3 is 1.24 bits per heavy atom. The molecular weight excluding hydrogens is 360 g/mol. The monoisotopic (exact) mass is 376 g/mol. The first-order valence-corrected chi connectivity index (χ1v) is 7.17. The Morgan fingerprint density at radius 2 is 1.05 bits per heavy atom. The summed E-state index contributed by atoms with van der Waals surface area (Å²) in [7, 11) is 0. The third kappa shape index (κ3) is 7.74. The SMILES string of the molecule is Oc1ccccc1C=[OH+].Oc1ccccc1C=[OH+].[O]=[Mo]=[O]. The number of aromatic hydroxyl groups is 2. The molecule has 0 aliphatic heterocycles. The van der Waals surface area contributed by atoms with Gasteiger partial charge in [0.1, 0.15) is 22.6 Å². The Bertz CT molecular complexity index is 571. The van der Waals surface area contributed by atoms with Crippen LogP contribution >= 0.6 is 0 Å². The minimum absolute atomic E-state index is 0.0972. The molecule has 0 aliphatic rings. The normalized spacial score (nSPS) is 8.19. The average Bonchev–Trinajstić information content (AvgIpc) is 2.50. The van der Waals surface area contributed by atoms with E-state index in [0.717, 1.165) is 12.6 Å². The maximum absolute atomic E-state index is 8.92. The Kier molecular flexibility index (Phi) is 10.2. The molecule has 2 rings (SSSR count). The number of rotatable bonds is 2. The molecule has 0 aliphatic carbocycles. The van der Waals surface area contributed by atoms with Gasteiger partial charge in [0.25, 0.3) is 0 Å². The zero-order valence-corrected chi connectivity index (χ0v) is 12.8. The van der Waals surface area contributed by atoms with Crippen molar-refractivity contribution in [2.45, 2.75) is 0 Å². The molecule has 21 heavy (non-hydrogen) atoms. The van der Waals surface area contributed by atoms with Crippen LogP contribution in [0.5, 0.6) is 11.5 Å². The molecule has 0 heterocycles. The van der Waals surface area contributed by atoms with Gasteiger partial charge in [-0.25, -0.2) is 0 Å². The number of para-hydroxylation sites is 2. The van der Waals surface area contributed by atoms with E-state index in [1.807, 2.05) is 0 Å². The summed E-state index contributed by atoms with van der Waals surface area (Å²) in [6.07, 6.45) is 1.74. The summed E-state index contributed by atoms with van der Waals surface area (Å²) in [6, 6.07) is 13.1. The molecule has 0 radical (unpaired) electrons. The van der Waals surface area contributed by atoms with Gasteiger partial charge in [0.15, 0.2) is 0 Å². The zero-order chi connectivity index (χ0) is 16.1. The Balaban J connectivity index is 0.000000322. The van der Waals surface area contributed by atoms with E-state index in [-0.39, 0.29) is 11.5 Å². The van der Waals surface area contributed by atoms with Gasteiger partial charge >= 0.3 is 37.9 Å². The molecule has 0 saturated heterocycles. The fraction of sp³-hybridized carbons (Fsp3) is 0. The van der Waals surface area contributed by atoms with Gasteiger partial charge in [-0.1, -0.05) is 24.3 Å². The van der Waals surface area contributed by atoms with Gasteiger partial charge < -0.3 is 10.2 Å². The van der Waals surface area contributed by atoms with Gasteiger partial charge in [-0.05, 0) is 24.3 Å². The zero-order valence-electron chi connectivity index (χ0n) is 10.8. The van der Waals surface area contributed by atoms with Crippen LogP contribution in [-0.2, 0) is 25.3 Å². The van der Waals surface area contributed by atoms with Crippen LogP contribution in [0.2, 0.25) is 0 Å². The van der Waals surface area contributed by atoms with Gasteiger partial charge in [-0.3, -0.25) is 9.59 Å². The first-order valence-electron chi connectivity index (χ1n) is 5.53. The summed E-state index contributed by atoms with van der Waals surface area (Å²) >= 11 is -2.03. The van der Waals surface area contributed by atoms with E-state index in [9.17, 15) is 0 Å². The molecule has 7 heteroatoms. The molecule has 0 bridgehead atoms. The predicted octanol–water partition coefficient (Wildman–Crippen LogP) is 1.59. The number of aldehydes is 2. The second-order valence-corrected chi connectivity index (χ2v) is 3.78. The number of phenolic OH excluding ortho intramolecular Hbond substituents is 2. The molecule has 4 N–H and O–H groups in total.